The maximum atomic E-state index is 4.32. The molecule has 1 nitrogen and oxygen atoms in total. The molecule has 0 spiro atoms. The number of benzene rings is 1. The van der Waals surface area contributed by atoms with Crippen molar-refractivity contribution in [1.82, 2.24) is 4.98 Å². The molecular formula is C11H11N. The average Bonchev–Trinajstić information content (AvgIpc) is 2.03. The third-order valence-corrected chi connectivity index (χ3v) is 1.97. The highest BCUT2D eigenvalue weighted by Gasteiger charge is 1.94. The molecule has 1 heteroatoms. The number of aromatic nitrogens is 1. The van der Waals surface area contributed by atoms with Gasteiger partial charge in [-0.25, -0.2) is 0 Å². The Labute approximate surface area is 72.1 Å². The van der Waals surface area contributed by atoms with Crippen LogP contribution in [0, 0.1) is 13.8 Å². The van der Waals surface area contributed by atoms with E-state index in [0.717, 1.165) is 5.52 Å². The Morgan fingerprint density at radius 3 is 2.58 bits per heavy atom. The van der Waals surface area contributed by atoms with E-state index in [9.17, 15) is 0 Å². The van der Waals surface area contributed by atoms with E-state index in [1.54, 1.807) is 0 Å². The Balaban J connectivity index is 2.80. The van der Waals surface area contributed by atoms with E-state index < -0.39 is 0 Å². The Hall–Kier alpha value is -1.37. The zero-order valence-electron chi connectivity index (χ0n) is 7.33. The minimum absolute atomic E-state index is 1.08. The molecule has 0 fully saturated rings. The van der Waals surface area contributed by atoms with Gasteiger partial charge in [0.05, 0.1) is 5.52 Å². The van der Waals surface area contributed by atoms with Crippen molar-refractivity contribution in [2.24, 2.45) is 0 Å². The van der Waals surface area contributed by atoms with E-state index in [0.29, 0.717) is 0 Å². The normalized spacial score (nSPS) is 10.5. The minimum atomic E-state index is 1.08. The second-order valence-electron chi connectivity index (χ2n) is 3.21. The fraction of sp³-hybridized carbons (Fsp3) is 0.182. The van der Waals surface area contributed by atoms with Crippen LogP contribution in [0.15, 0.2) is 30.5 Å². The molecule has 0 saturated heterocycles. The van der Waals surface area contributed by atoms with Gasteiger partial charge < -0.3 is 0 Å². The van der Waals surface area contributed by atoms with Gasteiger partial charge in [-0.05, 0) is 37.6 Å². The van der Waals surface area contributed by atoms with Crippen LogP contribution in [-0.4, -0.2) is 4.98 Å². The molecule has 12 heavy (non-hydrogen) atoms. The summed E-state index contributed by atoms with van der Waals surface area (Å²) in [7, 11) is 0. The van der Waals surface area contributed by atoms with Crippen molar-refractivity contribution in [2.75, 3.05) is 0 Å². The van der Waals surface area contributed by atoms with Crippen molar-refractivity contribution in [3.8, 4) is 0 Å². The van der Waals surface area contributed by atoms with E-state index in [2.05, 4.69) is 43.1 Å². The largest absolute Gasteiger partial charge is 0.256 e. The van der Waals surface area contributed by atoms with Gasteiger partial charge in [0, 0.05) is 11.6 Å². The maximum absolute atomic E-state index is 4.32. The van der Waals surface area contributed by atoms with Crippen LogP contribution in [-0.2, 0) is 0 Å². The summed E-state index contributed by atoms with van der Waals surface area (Å²) < 4.78 is 0. The van der Waals surface area contributed by atoms with Gasteiger partial charge in [-0.15, -0.1) is 0 Å². The lowest BCUT2D eigenvalue weighted by Crippen LogP contribution is -1.81. The van der Waals surface area contributed by atoms with Gasteiger partial charge in [0.2, 0.25) is 0 Å². The summed E-state index contributed by atoms with van der Waals surface area (Å²) in [6, 6.07) is 8.47. The fourth-order valence-electron chi connectivity index (χ4n) is 1.36. The van der Waals surface area contributed by atoms with E-state index in [1.165, 1.54) is 16.5 Å². The van der Waals surface area contributed by atoms with Gasteiger partial charge in [0.15, 0.2) is 0 Å². The quantitative estimate of drug-likeness (QED) is 0.573. The fourth-order valence-corrected chi connectivity index (χ4v) is 1.36. The minimum Gasteiger partial charge on any atom is -0.256 e. The first-order valence-corrected chi connectivity index (χ1v) is 4.09. The highest BCUT2D eigenvalue weighted by atomic mass is 14.6. The number of hydrogen-bond acceptors (Lipinski definition) is 1. The average molecular weight is 157 g/mol. The Morgan fingerprint density at radius 1 is 1.00 bits per heavy atom. The highest BCUT2D eigenvalue weighted by Crippen LogP contribution is 2.14. The van der Waals surface area contributed by atoms with Crippen molar-refractivity contribution >= 4 is 10.9 Å². The summed E-state index contributed by atoms with van der Waals surface area (Å²) in [4.78, 5) is 4.32. The van der Waals surface area contributed by atoms with Crippen LogP contribution in [0.2, 0.25) is 0 Å². The predicted octanol–water partition coefficient (Wildman–Crippen LogP) is 2.85. The van der Waals surface area contributed by atoms with Crippen LogP contribution >= 0.6 is 0 Å². The van der Waals surface area contributed by atoms with Gasteiger partial charge in [-0.2, -0.15) is 0 Å². The number of pyridine rings is 1. The third kappa shape index (κ3) is 1.18. The van der Waals surface area contributed by atoms with Crippen LogP contribution in [0.5, 0.6) is 0 Å². The molecule has 0 unspecified atom stereocenters. The molecular weight excluding hydrogens is 146 g/mol. The maximum Gasteiger partial charge on any atom is 0.0702 e. The van der Waals surface area contributed by atoms with Crippen molar-refractivity contribution in [3.05, 3.63) is 41.6 Å². The van der Waals surface area contributed by atoms with Crippen LogP contribution in [0.25, 0.3) is 10.9 Å². The summed E-state index contributed by atoms with van der Waals surface area (Å²) in [6.45, 7) is 4.16. The molecule has 60 valence electrons. The number of aryl methyl sites for hydroxylation is 2. The van der Waals surface area contributed by atoms with Gasteiger partial charge in [-0.1, -0.05) is 11.6 Å². The molecule has 1 aromatic carbocycles. The van der Waals surface area contributed by atoms with E-state index in [-0.39, 0.29) is 0 Å². The molecule has 0 aliphatic heterocycles. The van der Waals surface area contributed by atoms with E-state index >= 15 is 0 Å². The molecule has 0 atom stereocenters. The lowest BCUT2D eigenvalue weighted by molar-refractivity contribution is 1.33. The van der Waals surface area contributed by atoms with Gasteiger partial charge in [0.25, 0.3) is 0 Å². The summed E-state index contributed by atoms with van der Waals surface area (Å²) in [5.74, 6) is 0. The molecule has 0 aliphatic carbocycles. The van der Waals surface area contributed by atoms with E-state index in [4.69, 9.17) is 0 Å². The van der Waals surface area contributed by atoms with Crippen molar-refractivity contribution < 1.29 is 0 Å². The smallest absolute Gasteiger partial charge is 0.0702 e. The standard InChI is InChI=1S/C11H11N/c1-8-3-4-11-10(5-8)6-9(2)7-12-11/h3-7H,1-2H3. The van der Waals surface area contributed by atoms with Crippen molar-refractivity contribution in [3.63, 3.8) is 0 Å². The van der Waals surface area contributed by atoms with Crippen LogP contribution < -0.4 is 0 Å². The summed E-state index contributed by atoms with van der Waals surface area (Å²) in [5.41, 5.74) is 3.58. The van der Waals surface area contributed by atoms with Gasteiger partial charge in [0.1, 0.15) is 0 Å². The second-order valence-corrected chi connectivity index (χ2v) is 3.21. The highest BCUT2D eigenvalue weighted by molar-refractivity contribution is 5.79. The number of nitrogens with zero attached hydrogens (tertiary/aromatic N) is 1. The Kier molecular flexibility index (Phi) is 1.58. The SMILES string of the molecule is Cc1ccc2ncc(C)cc2c1. The lowest BCUT2D eigenvalue weighted by atomic mass is 10.1. The molecule has 0 saturated carbocycles. The number of fused-ring (bicyclic) bond motifs is 1. The van der Waals surface area contributed by atoms with Gasteiger partial charge in [-0.3, -0.25) is 4.98 Å². The second kappa shape index (κ2) is 2.59. The van der Waals surface area contributed by atoms with Crippen molar-refractivity contribution in [2.45, 2.75) is 13.8 Å². The first-order valence-electron chi connectivity index (χ1n) is 4.09. The topological polar surface area (TPSA) is 12.9 Å². The molecule has 0 amide bonds. The molecule has 2 rings (SSSR count). The van der Waals surface area contributed by atoms with Gasteiger partial charge >= 0.3 is 0 Å². The predicted molar refractivity (Wildman–Crippen MR) is 51.2 cm³/mol. The molecule has 2 aromatic rings. The summed E-state index contributed by atoms with van der Waals surface area (Å²) in [6.07, 6.45) is 1.90. The van der Waals surface area contributed by atoms with E-state index in [1.807, 2.05) is 6.20 Å². The third-order valence-electron chi connectivity index (χ3n) is 1.97. The van der Waals surface area contributed by atoms with Crippen LogP contribution in [0.1, 0.15) is 11.1 Å². The summed E-state index contributed by atoms with van der Waals surface area (Å²) >= 11 is 0. The Bertz CT molecular complexity index is 382. The summed E-state index contributed by atoms with van der Waals surface area (Å²) in [5, 5.41) is 1.23. The molecule has 1 heterocycles. The number of rotatable bonds is 0. The molecule has 1 aromatic heterocycles. The van der Waals surface area contributed by atoms with Crippen LogP contribution in [0.3, 0.4) is 0 Å². The molecule has 0 N–H and O–H groups in total. The lowest BCUT2D eigenvalue weighted by Gasteiger charge is -1.99. The number of hydrogen-bond donors (Lipinski definition) is 0. The Morgan fingerprint density at radius 2 is 1.75 bits per heavy atom. The monoisotopic (exact) mass is 157 g/mol. The first kappa shape index (κ1) is 7.29. The molecule has 0 bridgehead atoms. The zero-order chi connectivity index (χ0) is 8.55. The van der Waals surface area contributed by atoms with Crippen molar-refractivity contribution in [1.29, 1.82) is 0 Å². The van der Waals surface area contributed by atoms with Crippen LogP contribution in [0.4, 0.5) is 0 Å². The molecule has 0 radical (unpaired) electrons. The molecule has 0 aliphatic rings. The first-order chi connectivity index (χ1) is 5.75. The zero-order valence-corrected chi connectivity index (χ0v) is 7.33.